The van der Waals surface area contributed by atoms with Crippen molar-refractivity contribution in [1.82, 2.24) is 9.88 Å². The first-order valence-electron chi connectivity index (χ1n) is 10.4. The van der Waals surface area contributed by atoms with Gasteiger partial charge in [-0.25, -0.2) is 0 Å². The number of carbonyl (C=O) groups is 1. The van der Waals surface area contributed by atoms with Gasteiger partial charge in [-0.2, -0.15) is 13.2 Å². The molecular weight excluding hydrogens is 403 g/mol. The molecule has 0 fully saturated rings. The van der Waals surface area contributed by atoms with Crippen LogP contribution < -0.4 is 5.32 Å². The summed E-state index contributed by atoms with van der Waals surface area (Å²) in [6.45, 7) is 9.11. The summed E-state index contributed by atoms with van der Waals surface area (Å²) in [5.74, 6) is -0.593. The predicted octanol–water partition coefficient (Wildman–Crippen LogP) is 5.50. The lowest BCUT2D eigenvalue weighted by Crippen LogP contribution is -2.44. The standard InChI is InChI=1S/C24H30F3N3O/c1-22(2,3)21(31)30(6)20(24(25,26)27)18-12-11-16(14-28-18)29-19-13-15-9-7-8-10-17(15)23(19,4)5/h7-12,14,19-20,29H,13H2,1-6H3/t19-,20-/m0/s1. The maximum absolute atomic E-state index is 13.8. The van der Waals surface area contributed by atoms with Gasteiger partial charge in [-0.15, -0.1) is 0 Å². The van der Waals surface area contributed by atoms with Crippen molar-refractivity contribution in [2.75, 3.05) is 12.4 Å². The topological polar surface area (TPSA) is 45.2 Å². The number of halogens is 3. The summed E-state index contributed by atoms with van der Waals surface area (Å²) in [6.07, 6.45) is -2.38. The van der Waals surface area contributed by atoms with E-state index in [-0.39, 0.29) is 17.2 Å². The number of alkyl halides is 3. The van der Waals surface area contributed by atoms with Gasteiger partial charge in [0.2, 0.25) is 5.91 Å². The fourth-order valence-corrected chi connectivity index (χ4v) is 4.31. The first-order valence-corrected chi connectivity index (χ1v) is 10.4. The number of hydrogen-bond acceptors (Lipinski definition) is 3. The minimum Gasteiger partial charge on any atom is -0.380 e. The van der Waals surface area contributed by atoms with E-state index < -0.39 is 23.5 Å². The molecule has 0 unspecified atom stereocenters. The molecule has 1 aliphatic carbocycles. The van der Waals surface area contributed by atoms with Crippen LogP contribution in [0, 0.1) is 5.41 Å². The van der Waals surface area contributed by atoms with Crippen LogP contribution in [0.25, 0.3) is 0 Å². The molecule has 168 valence electrons. The van der Waals surface area contributed by atoms with Crippen molar-refractivity contribution in [3.8, 4) is 0 Å². The second-order valence-corrected chi connectivity index (χ2v) is 9.86. The molecule has 0 radical (unpaired) electrons. The fraction of sp³-hybridized carbons (Fsp3) is 0.500. The third-order valence-electron chi connectivity index (χ3n) is 6.07. The Morgan fingerprint density at radius 2 is 1.81 bits per heavy atom. The number of fused-ring (bicyclic) bond motifs is 1. The van der Waals surface area contributed by atoms with Gasteiger partial charge in [0.1, 0.15) is 0 Å². The van der Waals surface area contributed by atoms with E-state index >= 15 is 0 Å². The van der Waals surface area contributed by atoms with Gasteiger partial charge >= 0.3 is 6.18 Å². The lowest BCUT2D eigenvalue weighted by Gasteiger charge is -2.34. The number of hydrogen-bond donors (Lipinski definition) is 1. The second-order valence-electron chi connectivity index (χ2n) is 9.86. The van der Waals surface area contributed by atoms with E-state index in [0.29, 0.717) is 5.69 Å². The van der Waals surface area contributed by atoms with Gasteiger partial charge in [-0.1, -0.05) is 58.9 Å². The molecule has 31 heavy (non-hydrogen) atoms. The van der Waals surface area contributed by atoms with Gasteiger partial charge in [-0.3, -0.25) is 9.78 Å². The van der Waals surface area contributed by atoms with E-state index in [9.17, 15) is 18.0 Å². The van der Waals surface area contributed by atoms with Crippen molar-refractivity contribution < 1.29 is 18.0 Å². The van der Waals surface area contributed by atoms with Crippen molar-refractivity contribution in [3.05, 3.63) is 59.4 Å². The zero-order chi connectivity index (χ0) is 23.2. The number of nitrogens with zero attached hydrogens (tertiary/aromatic N) is 2. The molecule has 7 heteroatoms. The molecular formula is C24H30F3N3O. The van der Waals surface area contributed by atoms with Gasteiger partial charge in [0.15, 0.2) is 6.04 Å². The molecule has 3 rings (SSSR count). The quantitative estimate of drug-likeness (QED) is 0.692. The van der Waals surface area contributed by atoms with Crippen LogP contribution in [0.3, 0.4) is 0 Å². The Hall–Kier alpha value is -2.57. The Morgan fingerprint density at radius 3 is 2.32 bits per heavy atom. The van der Waals surface area contributed by atoms with E-state index in [2.05, 4.69) is 36.3 Å². The van der Waals surface area contributed by atoms with Gasteiger partial charge in [0.25, 0.3) is 0 Å². The molecule has 0 saturated heterocycles. The van der Waals surface area contributed by atoms with Gasteiger partial charge in [0.05, 0.1) is 17.6 Å². The average Bonchev–Trinajstić information content (AvgIpc) is 2.91. The van der Waals surface area contributed by atoms with Crippen molar-refractivity contribution in [3.63, 3.8) is 0 Å². The highest BCUT2D eigenvalue weighted by Gasteiger charge is 2.47. The molecule has 1 aromatic heterocycles. The number of nitrogens with one attached hydrogen (secondary N) is 1. The SMILES string of the molecule is CN(C(=O)C(C)(C)C)[C@@H](c1ccc(N[C@H]2Cc3ccccc3C2(C)C)cn1)C(F)(F)F. The Balaban J connectivity index is 1.82. The molecule has 0 saturated carbocycles. The zero-order valence-electron chi connectivity index (χ0n) is 18.8. The highest BCUT2D eigenvalue weighted by Crippen LogP contribution is 2.41. The normalized spacial score (nSPS) is 18.9. The van der Waals surface area contributed by atoms with E-state index in [0.717, 1.165) is 11.3 Å². The summed E-state index contributed by atoms with van der Waals surface area (Å²) in [5, 5.41) is 3.43. The Labute approximate surface area is 181 Å². The van der Waals surface area contributed by atoms with Gasteiger partial charge in [-0.05, 0) is 29.7 Å². The van der Waals surface area contributed by atoms with E-state index in [4.69, 9.17) is 0 Å². The molecule has 0 spiro atoms. The maximum atomic E-state index is 13.8. The van der Waals surface area contributed by atoms with Gasteiger partial charge < -0.3 is 10.2 Å². The summed E-state index contributed by atoms with van der Waals surface area (Å²) >= 11 is 0. The Kier molecular flexibility index (Phi) is 5.84. The third kappa shape index (κ3) is 4.55. The molecule has 0 aliphatic heterocycles. The second kappa shape index (κ2) is 7.84. The molecule has 1 N–H and O–H groups in total. The molecule has 1 heterocycles. The molecule has 0 bridgehead atoms. The van der Waals surface area contributed by atoms with Crippen LogP contribution in [-0.4, -0.2) is 35.1 Å². The minimum atomic E-state index is -4.63. The molecule has 2 atom stereocenters. The minimum absolute atomic E-state index is 0.0982. The number of pyridine rings is 1. The average molecular weight is 434 g/mol. The molecule has 2 aromatic rings. The molecule has 1 amide bonds. The van der Waals surface area contributed by atoms with Crippen molar-refractivity contribution >= 4 is 11.6 Å². The van der Waals surface area contributed by atoms with Crippen LogP contribution in [-0.2, 0) is 16.6 Å². The monoisotopic (exact) mass is 433 g/mol. The van der Waals surface area contributed by atoms with E-state index in [1.165, 1.54) is 30.4 Å². The van der Waals surface area contributed by atoms with Crippen LogP contribution in [0.4, 0.5) is 18.9 Å². The maximum Gasteiger partial charge on any atom is 0.414 e. The number of rotatable bonds is 4. The van der Waals surface area contributed by atoms with Crippen LogP contribution in [0.2, 0.25) is 0 Å². The van der Waals surface area contributed by atoms with Crippen LogP contribution >= 0.6 is 0 Å². The Morgan fingerprint density at radius 1 is 1.16 bits per heavy atom. The van der Waals surface area contributed by atoms with Crippen LogP contribution in [0.1, 0.15) is 57.5 Å². The third-order valence-corrected chi connectivity index (χ3v) is 6.07. The largest absolute Gasteiger partial charge is 0.414 e. The van der Waals surface area contributed by atoms with Crippen LogP contribution in [0.5, 0.6) is 0 Å². The molecule has 1 aliphatic rings. The first-order chi connectivity index (χ1) is 14.2. The molecule has 4 nitrogen and oxygen atoms in total. The molecule has 1 aromatic carbocycles. The lowest BCUT2D eigenvalue weighted by molar-refractivity contribution is -0.192. The van der Waals surface area contributed by atoms with Gasteiger partial charge in [0, 0.05) is 23.9 Å². The summed E-state index contributed by atoms with van der Waals surface area (Å²) in [6, 6.07) is 9.22. The number of amides is 1. The van der Waals surface area contributed by atoms with E-state index in [1.54, 1.807) is 26.8 Å². The number of benzene rings is 1. The first kappa shape index (κ1) is 23.1. The summed E-state index contributed by atoms with van der Waals surface area (Å²) in [7, 11) is 1.18. The van der Waals surface area contributed by atoms with Crippen molar-refractivity contribution in [2.45, 2.75) is 64.7 Å². The highest BCUT2D eigenvalue weighted by molar-refractivity contribution is 5.81. The summed E-state index contributed by atoms with van der Waals surface area (Å²) in [5.41, 5.74) is 1.95. The van der Waals surface area contributed by atoms with Crippen molar-refractivity contribution in [2.24, 2.45) is 5.41 Å². The number of aromatic nitrogens is 1. The summed E-state index contributed by atoms with van der Waals surface area (Å²) in [4.78, 5) is 17.3. The Bertz CT molecular complexity index is 946. The fourth-order valence-electron chi connectivity index (χ4n) is 4.31. The number of anilines is 1. The van der Waals surface area contributed by atoms with Crippen LogP contribution in [0.15, 0.2) is 42.6 Å². The van der Waals surface area contributed by atoms with E-state index in [1.807, 2.05) is 12.1 Å². The zero-order valence-corrected chi connectivity index (χ0v) is 18.8. The lowest BCUT2D eigenvalue weighted by atomic mass is 9.83. The smallest absolute Gasteiger partial charge is 0.380 e. The summed E-state index contributed by atoms with van der Waals surface area (Å²) < 4.78 is 41.5. The predicted molar refractivity (Wildman–Crippen MR) is 116 cm³/mol. The highest BCUT2D eigenvalue weighted by atomic mass is 19.4. The number of carbonyl (C=O) groups excluding carboxylic acids is 1. The van der Waals surface area contributed by atoms with Crippen molar-refractivity contribution in [1.29, 1.82) is 0 Å².